The summed E-state index contributed by atoms with van der Waals surface area (Å²) in [5.74, 6) is 0.107. The van der Waals surface area contributed by atoms with E-state index in [1.165, 1.54) is 4.90 Å². The molecule has 2 N–H and O–H groups in total. The molecule has 0 saturated heterocycles. The molecule has 0 fully saturated rings. The summed E-state index contributed by atoms with van der Waals surface area (Å²) < 4.78 is 2.37. The van der Waals surface area contributed by atoms with Crippen LogP contribution >= 0.6 is 27.5 Å². The Morgan fingerprint density at radius 3 is 2.29 bits per heavy atom. The number of para-hydroxylation sites is 2. The summed E-state index contributed by atoms with van der Waals surface area (Å²) in [6.45, 7) is 6.22. The molecule has 0 aliphatic rings. The molecule has 38 heavy (non-hydrogen) atoms. The second-order valence-electron chi connectivity index (χ2n) is 9.83. The molecule has 0 bridgehead atoms. The monoisotopic (exact) mass is 593 g/mol. The maximum Gasteiger partial charge on any atom is 0.322 e. The summed E-state index contributed by atoms with van der Waals surface area (Å²) in [4.78, 5) is 28.1. The zero-order valence-electron chi connectivity index (χ0n) is 21.4. The van der Waals surface area contributed by atoms with Gasteiger partial charge in [0.15, 0.2) is 0 Å². The predicted octanol–water partition coefficient (Wildman–Crippen LogP) is 7.26. The number of benzene rings is 3. The summed E-state index contributed by atoms with van der Waals surface area (Å²) in [6.07, 6.45) is 0. The summed E-state index contributed by atoms with van der Waals surface area (Å²) in [6, 6.07) is 25.6. The van der Waals surface area contributed by atoms with E-state index < -0.39 is 6.03 Å². The van der Waals surface area contributed by atoms with Crippen molar-refractivity contribution in [2.24, 2.45) is 0 Å². The first-order valence-electron chi connectivity index (χ1n) is 12.1. The number of carbonyl (C=O) groups is 2. The van der Waals surface area contributed by atoms with Crippen molar-refractivity contribution in [1.82, 2.24) is 14.7 Å². The number of aromatic nitrogens is 2. The second kappa shape index (κ2) is 11.8. The van der Waals surface area contributed by atoms with Crippen LogP contribution in [0.2, 0.25) is 5.02 Å². The lowest BCUT2D eigenvalue weighted by Gasteiger charge is -2.23. The fraction of sp³-hybridized carbons (Fsp3) is 0.207. The number of hydrogen-bond donors (Lipinski definition) is 2. The Kier molecular flexibility index (Phi) is 8.54. The summed E-state index contributed by atoms with van der Waals surface area (Å²) in [5, 5.41) is 11.1. The van der Waals surface area contributed by atoms with Crippen molar-refractivity contribution >= 4 is 51.0 Å². The third-order valence-corrected chi connectivity index (χ3v) is 6.79. The number of nitrogens with one attached hydrogen (secondary N) is 2. The number of halogens is 2. The first-order valence-corrected chi connectivity index (χ1v) is 13.3. The predicted molar refractivity (Wildman–Crippen MR) is 156 cm³/mol. The molecule has 7 nitrogen and oxygen atoms in total. The van der Waals surface area contributed by atoms with Crippen molar-refractivity contribution in [2.45, 2.75) is 32.7 Å². The molecule has 4 aromatic rings. The Hall–Kier alpha value is -3.62. The Morgan fingerprint density at radius 2 is 1.61 bits per heavy atom. The molecular formula is C29H29BrClN5O2. The van der Waals surface area contributed by atoms with E-state index in [1.807, 2.05) is 93.6 Å². The van der Waals surface area contributed by atoms with Crippen molar-refractivity contribution in [3.05, 3.63) is 106 Å². The molecule has 0 saturated carbocycles. The van der Waals surface area contributed by atoms with Crippen LogP contribution in [0, 0.1) is 0 Å². The molecule has 196 valence electrons. The molecule has 3 amide bonds. The van der Waals surface area contributed by atoms with Crippen LogP contribution in [0.1, 0.15) is 32.0 Å². The largest absolute Gasteiger partial charge is 0.322 e. The Balaban J connectivity index is 1.60. The highest BCUT2D eigenvalue weighted by molar-refractivity contribution is 9.10. The highest BCUT2D eigenvalue weighted by Gasteiger charge is 2.24. The topological polar surface area (TPSA) is 79.3 Å². The number of rotatable bonds is 7. The molecule has 0 unspecified atom stereocenters. The molecule has 4 rings (SSSR count). The summed E-state index contributed by atoms with van der Waals surface area (Å²) >= 11 is 9.92. The zero-order chi connectivity index (χ0) is 27.3. The number of urea groups is 1. The molecule has 3 aromatic carbocycles. The van der Waals surface area contributed by atoms with E-state index in [0.717, 1.165) is 15.7 Å². The van der Waals surface area contributed by atoms with Gasteiger partial charge in [0.05, 0.1) is 22.1 Å². The minimum Gasteiger partial charge on any atom is -0.311 e. The molecule has 9 heteroatoms. The normalized spacial score (nSPS) is 11.2. The molecule has 0 aliphatic carbocycles. The highest BCUT2D eigenvalue weighted by Crippen LogP contribution is 2.29. The number of hydrogen-bond acceptors (Lipinski definition) is 3. The van der Waals surface area contributed by atoms with Gasteiger partial charge in [-0.3, -0.25) is 4.79 Å². The fourth-order valence-corrected chi connectivity index (χ4v) is 4.36. The lowest BCUT2D eigenvalue weighted by molar-refractivity contribution is -0.116. The molecule has 0 aliphatic heterocycles. The van der Waals surface area contributed by atoms with Gasteiger partial charge in [-0.1, -0.05) is 87.0 Å². The Labute approximate surface area is 235 Å². The minimum absolute atomic E-state index is 0.177. The van der Waals surface area contributed by atoms with Crippen LogP contribution in [0.3, 0.4) is 0 Å². The third-order valence-electron chi connectivity index (χ3n) is 5.78. The van der Waals surface area contributed by atoms with Gasteiger partial charge in [0.25, 0.3) is 0 Å². The lowest BCUT2D eigenvalue weighted by atomic mass is 9.92. The van der Waals surface area contributed by atoms with E-state index in [1.54, 1.807) is 16.8 Å². The van der Waals surface area contributed by atoms with Crippen LogP contribution in [-0.4, -0.2) is 33.2 Å². The fourth-order valence-electron chi connectivity index (χ4n) is 3.76. The molecule has 1 heterocycles. The molecule has 1 aromatic heterocycles. The van der Waals surface area contributed by atoms with Crippen molar-refractivity contribution in [1.29, 1.82) is 0 Å². The van der Waals surface area contributed by atoms with Gasteiger partial charge < -0.3 is 15.5 Å². The van der Waals surface area contributed by atoms with E-state index in [9.17, 15) is 9.59 Å². The summed E-state index contributed by atoms with van der Waals surface area (Å²) in [7, 11) is 0. The van der Waals surface area contributed by atoms with Crippen molar-refractivity contribution in [3.63, 3.8) is 0 Å². The van der Waals surface area contributed by atoms with Gasteiger partial charge in [0.2, 0.25) is 5.91 Å². The van der Waals surface area contributed by atoms with E-state index in [0.29, 0.717) is 22.2 Å². The van der Waals surface area contributed by atoms with E-state index in [4.69, 9.17) is 16.7 Å². The van der Waals surface area contributed by atoms with Gasteiger partial charge >= 0.3 is 6.03 Å². The van der Waals surface area contributed by atoms with Gasteiger partial charge in [-0.2, -0.15) is 5.10 Å². The Bertz CT molecular complexity index is 1430. The first kappa shape index (κ1) is 27.4. The maximum atomic E-state index is 13.3. The van der Waals surface area contributed by atoms with Crippen LogP contribution in [0.4, 0.5) is 16.3 Å². The van der Waals surface area contributed by atoms with E-state index >= 15 is 0 Å². The maximum absolute atomic E-state index is 13.3. The Morgan fingerprint density at radius 1 is 0.947 bits per heavy atom. The first-order chi connectivity index (χ1) is 18.1. The van der Waals surface area contributed by atoms with Crippen molar-refractivity contribution in [2.75, 3.05) is 17.2 Å². The average Bonchev–Trinajstić information content (AvgIpc) is 3.30. The van der Waals surface area contributed by atoms with E-state index in [-0.39, 0.29) is 24.4 Å². The lowest BCUT2D eigenvalue weighted by Crippen LogP contribution is -2.40. The van der Waals surface area contributed by atoms with Crippen LogP contribution in [0.5, 0.6) is 0 Å². The van der Waals surface area contributed by atoms with Crippen LogP contribution < -0.4 is 10.6 Å². The average molecular weight is 595 g/mol. The molecule has 0 atom stereocenters. The van der Waals surface area contributed by atoms with Gasteiger partial charge in [-0.25, -0.2) is 9.48 Å². The quantitative estimate of drug-likeness (QED) is 0.236. The van der Waals surface area contributed by atoms with E-state index in [2.05, 4.69) is 26.6 Å². The second-order valence-corrected chi connectivity index (χ2v) is 11.1. The zero-order valence-corrected chi connectivity index (χ0v) is 23.8. The van der Waals surface area contributed by atoms with Crippen LogP contribution in [-0.2, 0) is 16.8 Å². The standard InChI is InChI=1S/C29H29BrClN5O2/c1-29(2,3)25-17-26(36(34-25)24-16-10-8-14-22(24)31)33-27(37)19-35(18-20-11-5-4-6-12-20)28(38)32-23-15-9-7-13-21(23)30/h4-17H,18-19H2,1-3H3,(H,32,38)(H,33,37). The number of amides is 3. The molecular weight excluding hydrogens is 566 g/mol. The number of nitrogens with zero attached hydrogens (tertiary/aromatic N) is 3. The SMILES string of the molecule is CC(C)(C)c1cc(NC(=O)CN(Cc2ccccc2)C(=O)Nc2ccccc2Br)n(-c2ccccc2Cl)n1. The molecule has 0 spiro atoms. The van der Waals surface area contributed by atoms with Gasteiger partial charge in [0, 0.05) is 22.5 Å². The smallest absolute Gasteiger partial charge is 0.311 e. The van der Waals surface area contributed by atoms with Gasteiger partial charge in [0.1, 0.15) is 12.4 Å². The number of carbonyl (C=O) groups excluding carboxylic acids is 2. The molecule has 0 radical (unpaired) electrons. The third kappa shape index (κ3) is 6.82. The van der Waals surface area contributed by atoms with Gasteiger partial charge in [-0.05, 0) is 45.8 Å². The van der Waals surface area contributed by atoms with Crippen LogP contribution in [0.15, 0.2) is 89.4 Å². The van der Waals surface area contributed by atoms with Crippen LogP contribution in [0.25, 0.3) is 5.69 Å². The minimum atomic E-state index is -0.397. The highest BCUT2D eigenvalue weighted by atomic mass is 79.9. The number of anilines is 2. The summed E-state index contributed by atoms with van der Waals surface area (Å²) in [5.41, 5.74) is 2.70. The van der Waals surface area contributed by atoms with Crippen molar-refractivity contribution in [3.8, 4) is 5.69 Å². The van der Waals surface area contributed by atoms with Gasteiger partial charge in [-0.15, -0.1) is 0 Å². The van der Waals surface area contributed by atoms with Crippen molar-refractivity contribution < 1.29 is 9.59 Å².